The molecule has 5 nitrogen and oxygen atoms in total. The van der Waals surface area contributed by atoms with Crippen LogP contribution in [0.5, 0.6) is 0 Å². The number of fused-ring (bicyclic) bond motifs is 1. The van der Waals surface area contributed by atoms with Crippen molar-refractivity contribution in [3.63, 3.8) is 0 Å². The molecule has 0 saturated heterocycles. The number of aromatic nitrogens is 2. The van der Waals surface area contributed by atoms with Crippen molar-refractivity contribution in [1.29, 1.82) is 0 Å². The SMILES string of the molecule is CCc1sc(C(=O)NC2C(N)CCCC2(F)F)cc1-c1cnn2cc(C(F)(F)F)ccc12. The number of nitrogens with one attached hydrogen (secondary N) is 1. The lowest BCUT2D eigenvalue weighted by Gasteiger charge is -2.36. The van der Waals surface area contributed by atoms with Crippen molar-refractivity contribution in [2.24, 2.45) is 5.73 Å². The Kier molecular flexibility index (Phi) is 5.74. The number of aryl methyl sites for hydroxylation is 1. The van der Waals surface area contributed by atoms with Gasteiger partial charge in [0.25, 0.3) is 11.8 Å². The van der Waals surface area contributed by atoms with Crippen molar-refractivity contribution in [2.45, 2.75) is 56.8 Å². The van der Waals surface area contributed by atoms with Crippen molar-refractivity contribution in [1.82, 2.24) is 14.9 Å². The molecule has 172 valence electrons. The predicted octanol–water partition coefficient (Wildman–Crippen LogP) is 4.89. The molecule has 0 aromatic carbocycles. The summed E-state index contributed by atoms with van der Waals surface area (Å²) < 4.78 is 68.6. The highest BCUT2D eigenvalue weighted by molar-refractivity contribution is 7.14. The number of amides is 1. The molecule has 11 heteroatoms. The van der Waals surface area contributed by atoms with Crippen LogP contribution in [-0.2, 0) is 12.6 Å². The van der Waals surface area contributed by atoms with Gasteiger partial charge >= 0.3 is 6.18 Å². The summed E-state index contributed by atoms with van der Waals surface area (Å²) in [6, 6.07) is 1.58. The molecule has 0 radical (unpaired) electrons. The summed E-state index contributed by atoms with van der Waals surface area (Å²) in [5.41, 5.74) is 6.65. The largest absolute Gasteiger partial charge is 0.417 e. The molecule has 4 rings (SSSR count). The van der Waals surface area contributed by atoms with Crippen LogP contribution in [-0.4, -0.2) is 33.5 Å². The fourth-order valence-corrected chi connectivity index (χ4v) is 5.04. The molecule has 2 unspecified atom stereocenters. The third-order valence-corrected chi connectivity index (χ3v) is 6.98. The minimum atomic E-state index is -4.50. The van der Waals surface area contributed by atoms with Crippen LogP contribution in [0.1, 0.15) is 46.3 Å². The van der Waals surface area contributed by atoms with Gasteiger partial charge < -0.3 is 11.1 Å². The van der Waals surface area contributed by atoms with E-state index in [1.165, 1.54) is 12.3 Å². The maximum absolute atomic E-state index is 14.3. The van der Waals surface area contributed by atoms with Gasteiger partial charge in [-0.3, -0.25) is 4.79 Å². The van der Waals surface area contributed by atoms with Gasteiger partial charge in [-0.2, -0.15) is 18.3 Å². The average Bonchev–Trinajstić information content (AvgIpc) is 3.33. The molecule has 1 amide bonds. The number of hydrogen-bond acceptors (Lipinski definition) is 4. The highest BCUT2D eigenvalue weighted by atomic mass is 32.1. The van der Waals surface area contributed by atoms with Gasteiger partial charge in [0.2, 0.25) is 0 Å². The van der Waals surface area contributed by atoms with Crippen molar-refractivity contribution >= 4 is 22.8 Å². The van der Waals surface area contributed by atoms with Crippen molar-refractivity contribution in [2.75, 3.05) is 0 Å². The number of halogens is 5. The zero-order valence-electron chi connectivity index (χ0n) is 17.0. The number of nitrogens with two attached hydrogens (primary N) is 1. The fourth-order valence-electron chi connectivity index (χ4n) is 4.02. The van der Waals surface area contributed by atoms with E-state index in [1.807, 2.05) is 6.92 Å². The first kappa shape index (κ1) is 22.7. The van der Waals surface area contributed by atoms with Gasteiger partial charge in [0, 0.05) is 34.7 Å². The average molecular weight is 472 g/mol. The molecule has 0 aliphatic heterocycles. The molecule has 1 fully saturated rings. The Bertz CT molecular complexity index is 1150. The Morgan fingerprint density at radius 1 is 1.34 bits per heavy atom. The van der Waals surface area contributed by atoms with E-state index in [9.17, 15) is 26.7 Å². The molecule has 1 saturated carbocycles. The summed E-state index contributed by atoms with van der Waals surface area (Å²) in [6.07, 6.45) is -1.24. The highest BCUT2D eigenvalue weighted by Crippen LogP contribution is 2.37. The first-order valence-corrected chi connectivity index (χ1v) is 10.9. The van der Waals surface area contributed by atoms with Crippen LogP contribution in [0.25, 0.3) is 16.6 Å². The molecule has 2 atom stereocenters. The van der Waals surface area contributed by atoms with E-state index in [4.69, 9.17) is 5.73 Å². The second-order valence-electron chi connectivity index (χ2n) is 7.87. The number of alkyl halides is 5. The molecule has 3 heterocycles. The van der Waals surface area contributed by atoms with Gasteiger partial charge in [-0.1, -0.05) is 6.92 Å². The van der Waals surface area contributed by atoms with Gasteiger partial charge in [0.1, 0.15) is 6.04 Å². The number of carbonyl (C=O) groups is 1. The lowest BCUT2D eigenvalue weighted by atomic mass is 9.87. The smallest absolute Gasteiger partial charge is 0.341 e. The van der Waals surface area contributed by atoms with Gasteiger partial charge in [0.05, 0.1) is 22.2 Å². The Morgan fingerprint density at radius 2 is 2.09 bits per heavy atom. The summed E-state index contributed by atoms with van der Waals surface area (Å²) in [7, 11) is 0. The van der Waals surface area contributed by atoms with Crippen molar-refractivity contribution in [3.8, 4) is 11.1 Å². The number of hydrogen-bond donors (Lipinski definition) is 2. The maximum Gasteiger partial charge on any atom is 0.417 e. The molecule has 32 heavy (non-hydrogen) atoms. The van der Waals surface area contributed by atoms with E-state index in [0.717, 1.165) is 33.0 Å². The number of thiophene rings is 1. The molecule has 3 N–H and O–H groups in total. The van der Waals surface area contributed by atoms with Crippen LogP contribution in [0, 0.1) is 0 Å². The zero-order chi connectivity index (χ0) is 23.3. The second kappa shape index (κ2) is 8.11. The lowest BCUT2D eigenvalue weighted by Crippen LogP contribution is -2.59. The lowest BCUT2D eigenvalue weighted by molar-refractivity contribution is -0.137. The molecule has 1 aliphatic rings. The van der Waals surface area contributed by atoms with Gasteiger partial charge in [-0.05, 0) is 37.5 Å². The minimum absolute atomic E-state index is 0.233. The van der Waals surface area contributed by atoms with E-state index < -0.39 is 35.7 Å². The summed E-state index contributed by atoms with van der Waals surface area (Å²) in [6.45, 7) is 1.87. The molecular weight excluding hydrogens is 451 g/mol. The minimum Gasteiger partial charge on any atom is -0.341 e. The summed E-state index contributed by atoms with van der Waals surface area (Å²) in [4.78, 5) is 13.8. The molecule has 0 bridgehead atoms. The number of rotatable bonds is 4. The van der Waals surface area contributed by atoms with Crippen LogP contribution >= 0.6 is 11.3 Å². The first-order valence-electron chi connectivity index (χ1n) is 10.1. The van der Waals surface area contributed by atoms with E-state index in [-0.39, 0.29) is 11.3 Å². The summed E-state index contributed by atoms with van der Waals surface area (Å²) in [5.74, 6) is -3.73. The summed E-state index contributed by atoms with van der Waals surface area (Å²) >= 11 is 1.16. The van der Waals surface area contributed by atoms with Crippen molar-refractivity contribution in [3.05, 3.63) is 45.9 Å². The Balaban J connectivity index is 1.66. The first-order chi connectivity index (χ1) is 15.0. The van der Waals surface area contributed by atoms with Gasteiger partial charge in [-0.15, -0.1) is 11.3 Å². The maximum atomic E-state index is 14.3. The molecule has 3 aromatic heterocycles. The van der Waals surface area contributed by atoms with E-state index >= 15 is 0 Å². The quantitative estimate of drug-likeness (QED) is 0.531. The van der Waals surface area contributed by atoms with E-state index in [0.29, 0.717) is 35.9 Å². The van der Waals surface area contributed by atoms with Crippen LogP contribution in [0.15, 0.2) is 30.6 Å². The normalized spacial score (nSPS) is 21.1. The second-order valence-corrected chi connectivity index (χ2v) is 9.01. The number of carbonyl (C=O) groups excluding carboxylic acids is 1. The third kappa shape index (κ3) is 4.11. The van der Waals surface area contributed by atoms with Gasteiger partial charge in [0.15, 0.2) is 0 Å². The Labute approximate surface area is 184 Å². The predicted molar refractivity (Wildman–Crippen MR) is 111 cm³/mol. The summed E-state index contributed by atoms with van der Waals surface area (Å²) in [5, 5.41) is 6.42. The third-order valence-electron chi connectivity index (χ3n) is 5.70. The van der Waals surface area contributed by atoms with Crippen LogP contribution in [0.3, 0.4) is 0 Å². The molecule has 3 aromatic rings. The zero-order valence-corrected chi connectivity index (χ0v) is 17.9. The number of nitrogens with zero attached hydrogens (tertiary/aromatic N) is 2. The molecule has 0 spiro atoms. The molecular formula is C21H21F5N4OS. The Morgan fingerprint density at radius 3 is 2.75 bits per heavy atom. The van der Waals surface area contributed by atoms with Crippen LogP contribution < -0.4 is 11.1 Å². The van der Waals surface area contributed by atoms with Crippen LogP contribution in [0.2, 0.25) is 0 Å². The Hall–Kier alpha value is -2.53. The van der Waals surface area contributed by atoms with E-state index in [2.05, 4.69) is 10.4 Å². The van der Waals surface area contributed by atoms with Crippen molar-refractivity contribution < 1.29 is 26.7 Å². The fraction of sp³-hybridized carbons (Fsp3) is 0.429. The van der Waals surface area contributed by atoms with Crippen LogP contribution in [0.4, 0.5) is 22.0 Å². The molecule has 1 aliphatic carbocycles. The topological polar surface area (TPSA) is 72.4 Å². The highest BCUT2D eigenvalue weighted by Gasteiger charge is 2.46. The van der Waals surface area contributed by atoms with E-state index in [1.54, 1.807) is 6.07 Å². The van der Waals surface area contributed by atoms with Gasteiger partial charge in [-0.25, -0.2) is 13.3 Å². The monoisotopic (exact) mass is 472 g/mol. The standard InChI is InChI=1S/C21H21F5N4OS/c1-2-16-12(13-9-28-30-10-11(21(24,25)26)5-6-15(13)30)8-17(32-16)19(31)29-18-14(27)4-3-7-20(18,22)23/h5-6,8-10,14,18H,2-4,7,27H2,1H3,(H,29,31). The number of pyridine rings is 1.